The summed E-state index contributed by atoms with van der Waals surface area (Å²) >= 11 is 0. The zero-order valence-corrected chi connectivity index (χ0v) is 9.60. The lowest BCUT2D eigenvalue weighted by Crippen LogP contribution is -2.32. The summed E-state index contributed by atoms with van der Waals surface area (Å²) in [5.41, 5.74) is 0.892. The lowest BCUT2D eigenvalue weighted by Gasteiger charge is -2.10. The fourth-order valence-corrected chi connectivity index (χ4v) is 1.77. The van der Waals surface area contributed by atoms with Crippen molar-refractivity contribution in [1.29, 1.82) is 0 Å². The number of esters is 1. The van der Waals surface area contributed by atoms with Crippen LogP contribution in [0.5, 0.6) is 11.5 Å². The molecule has 1 saturated heterocycles. The Kier molecular flexibility index (Phi) is 3.49. The number of nitrogens with one attached hydrogen (secondary N) is 1. The molecule has 1 aliphatic heterocycles. The van der Waals surface area contributed by atoms with Crippen LogP contribution in [0.4, 0.5) is 0 Å². The minimum Gasteiger partial charge on any atom is -0.504 e. The van der Waals surface area contributed by atoms with Crippen LogP contribution in [0.3, 0.4) is 0 Å². The standard InChI is InChI=1S/C12H15NO4/c1-16-11-3-2-8(6-10(11)14)7-13-9-4-5-17-12(9)15/h2-3,6,9,13-14H,4-5,7H2,1H3. The molecule has 1 fully saturated rings. The van der Waals surface area contributed by atoms with Gasteiger partial charge in [-0.1, -0.05) is 6.07 Å². The largest absolute Gasteiger partial charge is 0.504 e. The molecule has 1 aliphatic rings. The molecule has 0 aromatic heterocycles. The molecule has 1 heterocycles. The summed E-state index contributed by atoms with van der Waals surface area (Å²) in [6.45, 7) is 0.988. The lowest BCUT2D eigenvalue weighted by molar-refractivity contribution is -0.139. The van der Waals surface area contributed by atoms with Crippen molar-refractivity contribution in [3.05, 3.63) is 23.8 Å². The van der Waals surface area contributed by atoms with Crippen LogP contribution in [0.2, 0.25) is 0 Å². The monoisotopic (exact) mass is 237 g/mol. The van der Waals surface area contributed by atoms with Gasteiger partial charge >= 0.3 is 5.97 Å². The maximum Gasteiger partial charge on any atom is 0.323 e. The van der Waals surface area contributed by atoms with Gasteiger partial charge in [0.2, 0.25) is 0 Å². The zero-order chi connectivity index (χ0) is 12.3. The third-order valence-electron chi connectivity index (χ3n) is 2.73. The van der Waals surface area contributed by atoms with E-state index in [2.05, 4.69) is 5.32 Å². The SMILES string of the molecule is COc1ccc(CNC2CCOC2=O)cc1O. The summed E-state index contributed by atoms with van der Waals surface area (Å²) in [4.78, 5) is 11.2. The van der Waals surface area contributed by atoms with Crippen LogP contribution in [0.15, 0.2) is 18.2 Å². The van der Waals surface area contributed by atoms with Crippen LogP contribution >= 0.6 is 0 Å². The molecule has 0 aliphatic carbocycles. The number of phenolic OH excluding ortho intramolecular Hbond substituents is 1. The van der Waals surface area contributed by atoms with E-state index in [9.17, 15) is 9.90 Å². The van der Waals surface area contributed by atoms with Gasteiger partial charge in [-0.3, -0.25) is 4.79 Å². The van der Waals surface area contributed by atoms with Gasteiger partial charge in [0, 0.05) is 13.0 Å². The second kappa shape index (κ2) is 5.05. The van der Waals surface area contributed by atoms with Gasteiger partial charge < -0.3 is 19.9 Å². The van der Waals surface area contributed by atoms with Crippen molar-refractivity contribution < 1.29 is 19.4 Å². The van der Waals surface area contributed by atoms with E-state index in [0.717, 1.165) is 5.56 Å². The molecule has 5 nitrogen and oxygen atoms in total. The predicted octanol–water partition coefficient (Wildman–Crippen LogP) is 0.806. The Labute approximate surface area is 99.3 Å². The number of hydrogen-bond acceptors (Lipinski definition) is 5. The number of aromatic hydroxyl groups is 1. The Morgan fingerprint density at radius 1 is 1.59 bits per heavy atom. The van der Waals surface area contributed by atoms with Crippen molar-refractivity contribution in [2.45, 2.75) is 19.0 Å². The molecule has 1 atom stereocenters. The molecular formula is C12H15NO4. The van der Waals surface area contributed by atoms with E-state index >= 15 is 0 Å². The van der Waals surface area contributed by atoms with Crippen LogP contribution in [0, 0.1) is 0 Å². The van der Waals surface area contributed by atoms with Crippen LogP contribution in [0.25, 0.3) is 0 Å². The molecule has 0 bridgehead atoms. The number of phenols is 1. The number of carbonyl (C=O) groups is 1. The first kappa shape index (κ1) is 11.7. The first-order valence-corrected chi connectivity index (χ1v) is 5.46. The van der Waals surface area contributed by atoms with Crippen molar-refractivity contribution in [3.63, 3.8) is 0 Å². The molecule has 5 heteroatoms. The third kappa shape index (κ3) is 2.68. The second-order valence-electron chi connectivity index (χ2n) is 3.90. The molecule has 1 unspecified atom stereocenters. The van der Waals surface area contributed by atoms with Crippen molar-refractivity contribution in [2.75, 3.05) is 13.7 Å². The van der Waals surface area contributed by atoms with Crippen LogP contribution in [-0.4, -0.2) is 30.8 Å². The number of hydrogen-bond donors (Lipinski definition) is 2. The Bertz CT molecular complexity index is 419. The van der Waals surface area contributed by atoms with Gasteiger partial charge in [-0.25, -0.2) is 0 Å². The van der Waals surface area contributed by atoms with Crippen LogP contribution in [0.1, 0.15) is 12.0 Å². The van der Waals surface area contributed by atoms with Crippen molar-refractivity contribution in [1.82, 2.24) is 5.32 Å². The number of ether oxygens (including phenoxy) is 2. The van der Waals surface area contributed by atoms with Gasteiger partial charge in [-0.15, -0.1) is 0 Å². The predicted molar refractivity (Wildman–Crippen MR) is 60.9 cm³/mol. The average Bonchev–Trinajstić information content (AvgIpc) is 2.72. The van der Waals surface area contributed by atoms with E-state index in [-0.39, 0.29) is 17.8 Å². The number of rotatable bonds is 4. The lowest BCUT2D eigenvalue weighted by atomic mass is 10.1. The van der Waals surface area contributed by atoms with Crippen LogP contribution in [-0.2, 0) is 16.1 Å². The van der Waals surface area contributed by atoms with E-state index in [0.29, 0.717) is 25.3 Å². The Hall–Kier alpha value is -1.75. The van der Waals surface area contributed by atoms with E-state index in [1.54, 1.807) is 12.1 Å². The van der Waals surface area contributed by atoms with Gasteiger partial charge in [-0.2, -0.15) is 0 Å². The quantitative estimate of drug-likeness (QED) is 0.758. The normalized spacial score (nSPS) is 19.1. The molecule has 92 valence electrons. The highest BCUT2D eigenvalue weighted by Gasteiger charge is 2.25. The average molecular weight is 237 g/mol. The molecule has 0 amide bonds. The Balaban J connectivity index is 1.95. The first-order valence-electron chi connectivity index (χ1n) is 5.46. The minimum absolute atomic E-state index is 0.0980. The van der Waals surface area contributed by atoms with Gasteiger partial charge in [0.15, 0.2) is 11.5 Å². The number of cyclic esters (lactones) is 1. The van der Waals surface area contributed by atoms with Crippen molar-refractivity contribution in [2.24, 2.45) is 0 Å². The third-order valence-corrected chi connectivity index (χ3v) is 2.73. The summed E-state index contributed by atoms with van der Waals surface area (Å²) in [6, 6.07) is 4.91. The molecule has 2 N–H and O–H groups in total. The number of benzene rings is 1. The Morgan fingerprint density at radius 2 is 2.41 bits per heavy atom. The first-order chi connectivity index (χ1) is 8.20. The van der Waals surface area contributed by atoms with E-state index in [1.165, 1.54) is 7.11 Å². The highest BCUT2D eigenvalue weighted by molar-refractivity contribution is 5.77. The topological polar surface area (TPSA) is 67.8 Å². The zero-order valence-electron chi connectivity index (χ0n) is 9.60. The van der Waals surface area contributed by atoms with E-state index in [1.807, 2.05) is 6.07 Å². The van der Waals surface area contributed by atoms with Gasteiger partial charge in [0.1, 0.15) is 6.04 Å². The molecule has 17 heavy (non-hydrogen) atoms. The Morgan fingerprint density at radius 3 is 3.00 bits per heavy atom. The van der Waals surface area contributed by atoms with E-state index in [4.69, 9.17) is 9.47 Å². The number of methoxy groups -OCH3 is 1. The molecule has 2 rings (SSSR count). The summed E-state index contributed by atoms with van der Waals surface area (Å²) in [5, 5.41) is 12.7. The summed E-state index contributed by atoms with van der Waals surface area (Å²) in [7, 11) is 1.50. The summed E-state index contributed by atoms with van der Waals surface area (Å²) < 4.78 is 9.79. The fourth-order valence-electron chi connectivity index (χ4n) is 1.77. The maximum atomic E-state index is 11.2. The molecule has 0 saturated carbocycles. The summed E-state index contributed by atoms with van der Waals surface area (Å²) in [5.74, 6) is 0.331. The molecule has 0 spiro atoms. The maximum absolute atomic E-state index is 11.2. The minimum atomic E-state index is -0.237. The van der Waals surface area contributed by atoms with Crippen molar-refractivity contribution >= 4 is 5.97 Å². The number of carbonyl (C=O) groups excluding carboxylic acids is 1. The van der Waals surface area contributed by atoms with E-state index < -0.39 is 0 Å². The van der Waals surface area contributed by atoms with Crippen molar-refractivity contribution in [3.8, 4) is 11.5 Å². The molecule has 1 aromatic rings. The second-order valence-corrected chi connectivity index (χ2v) is 3.90. The molecule has 1 aromatic carbocycles. The van der Waals surface area contributed by atoms with Gasteiger partial charge in [0.25, 0.3) is 0 Å². The molecular weight excluding hydrogens is 222 g/mol. The highest BCUT2D eigenvalue weighted by atomic mass is 16.5. The fraction of sp³-hybridized carbons (Fsp3) is 0.417. The van der Waals surface area contributed by atoms with Gasteiger partial charge in [0.05, 0.1) is 13.7 Å². The summed E-state index contributed by atoms with van der Waals surface area (Å²) in [6.07, 6.45) is 0.695. The molecule has 0 radical (unpaired) electrons. The smallest absolute Gasteiger partial charge is 0.323 e. The van der Waals surface area contributed by atoms with Gasteiger partial charge in [-0.05, 0) is 17.7 Å². The van der Waals surface area contributed by atoms with Crippen LogP contribution < -0.4 is 10.1 Å². The highest BCUT2D eigenvalue weighted by Crippen LogP contribution is 2.26.